The lowest BCUT2D eigenvalue weighted by Crippen LogP contribution is -2.16. The van der Waals surface area contributed by atoms with E-state index in [-0.39, 0.29) is 5.56 Å². The normalized spacial score (nSPS) is 14.4. The number of rotatable bonds is 3. The minimum absolute atomic E-state index is 0.0537. The molecule has 0 atom stereocenters. The Labute approximate surface area is 152 Å². The molecule has 0 unspecified atom stereocenters. The first-order valence-electron chi connectivity index (χ1n) is 7.82. The van der Waals surface area contributed by atoms with E-state index in [2.05, 4.69) is 9.97 Å². The molecule has 0 saturated carbocycles. The first-order valence-corrected chi connectivity index (χ1v) is 8.70. The predicted molar refractivity (Wildman–Crippen MR) is 99.2 cm³/mol. The molecule has 0 fully saturated rings. The average Bonchev–Trinajstić information content (AvgIpc) is 3.20. The lowest BCUT2D eigenvalue weighted by atomic mass is 10.1. The Morgan fingerprint density at radius 2 is 2.08 bits per heavy atom. The number of aromatic amines is 1. The molecule has 6 nitrogen and oxygen atoms in total. The van der Waals surface area contributed by atoms with E-state index >= 15 is 0 Å². The Kier molecular flexibility index (Phi) is 3.93. The highest BCUT2D eigenvalue weighted by atomic mass is 32.1. The number of hydrogen-bond donors (Lipinski definition) is 1. The summed E-state index contributed by atoms with van der Waals surface area (Å²) in [5.74, 6) is 0.325. The highest BCUT2D eigenvalue weighted by Crippen LogP contribution is 2.33. The Morgan fingerprint density at radius 3 is 2.81 bits per heavy atom. The van der Waals surface area contributed by atoms with Crippen LogP contribution in [-0.2, 0) is 4.74 Å². The average molecular weight is 366 g/mol. The van der Waals surface area contributed by atoms with Crippen LogP contribution in [0.25, 0.3) is 23.0 Å². The van der Waals surface area contributed by atoms with Gasteiger partial charge in [0, 0.05) is 34.0 Å². The fourth-order valence-corrected chi connectivity index (χ4v) is 3.62. The molecule has 0 saturated heterocycles. The number of nitrogens with zero attached hydrogens (tertiary/aromatic N) is 1. The maximum absolute atomic E-state index is 12.0. The van der Waals surface area contributed by atoms with Crippen LogP contribution in [0.2, 0.25) is 0 Å². The molecule has 0 bridgehead atoms. The molecular formula is C19H14N2O4S. The number of aryl methyl sites for hydroxylation is 1. The molecule has 4 heterocycles. The summed E-state index contributed by atoms with van der Waals surface area (Å²) >= 11 is 1.51. The van der Waals surface area contributed by atoms with Crippen molar-refractivity contribution >= 4 is 29.1 Å². The highest BCUT2D eigenvalue weighted by Gasteiger charge is 2.30. The van der Waals surface area contributed by atoms with Crippen molar-refractivity contribution in [3.63, 3.8) is 0 Å². The largest absolute Gasteiger partial charge is 0.481 e. The second-order valence-electron chi connectivity index (χ2n) is 5.80. The molecule has 26 heavy (non-hydrogen) atoms. The maximum Gasteiger partial charge on any atom is 0.349 e. The third kappa shape index (κ3) is 2.82. The second kappa shape index (κ2) is 6.27. The summed E-state index contributed by atoms with van der Waals surface area (Å²) in [5, 5.41) is 2.00. The van der Waals surface area contributed by atoms with Crippen LogP contribution in [0.3, 0.4) is 0 Å². The lowest BCUT2D eigenvalue weighted by molar-refractivity contribution is 0.0715. The van der Waals surface area contributed by atoms with Crippen LogP contribution in [0.15, 0.2) is 40.6 Å². The van der Waals surface area contributed by atoms with Crippen LogP contribution in [-0.4, -0.2) is 23.0 Å². The number of H-pyrrole nitrogens is 1. The molecule has 0 radical (unpaired) electrons. The van der Waals surface area contributed by atoms with Gasteiger partial charge in [0.15, 0.2) is 0 Å². The zero-order valence-corrected chi connectivity index (χ0v) is 14.8. The fraction of sp³-hybridized carbons (Fsp3) is 0.105. The van der Waals surface area contributed by atoms with Gasteiger partial charge in [0.05, 0.1) is 7.11 Å². The van der Waals surface area contributed by atoms with Gasteiger partial charge in [0.1, 0.15) is 11.3 Å². The number of ether oxygens (including phenoxy) is 2. The summed E-state index contributed by atoms with van der Waals surface area (Å²) < 4.78 is 10.4. The number of carbonyl (C=O) groups excluding carboxylic acids is 1. The molecule has 1 N–H and O–H groups in total. The van der Waals surface area contributed by atoms with Crippen molar-refractivity contribution in [1.82, 2.24) is 9.97 Å². The Morgan fingerprint density at radius 1 is 1.23 bits per heavy atom. The van der Waals surface area contributed by atoms with Gasteiger partial charge in [0.2, 0.25) is 5.88 Å². The van der Waals surface area contributed by atoms with Crippen LogP contribution >= 0.6 is 11.3 Å². The number of aromatic nitrogens is 2. The van der Waals surface area contributed by atoms with Crippen molar-refractivity contribution in [3.8, 4) is 17.0 Å². The number of fused-ring (bicyclic) bond motifs is 1. The molecule has 130 valence electrons. The monoisotopic (exact) mass is 366 g/mol. The van der Waals surface area contributed by atoms with Crippen molar-refractivity contribution in [2.75, 3.05) is 7.11 Å². The third-order valence-electron chi connectivity index (χ3n) is 4.01. The summed E-state index contributed by atoms with van der Waals surface area (Å²) in [6.45, 7) is 1.77. The number of esters is 1. The molecule has 0 aromatic carbocycles. The van der Waals surface area contributed by atoms with E-state index < -0.39 is 11.5 Å². The molecular weight excluding hydrogens is 352 g/mol. The SMILES string of the molecule is COc1ccc(-c2csc(/C=C3\OC(=O)c4c3cc(C)[nH]c4=O)c2)cn1. The van der Waals surface area contributed by atoms with Crippen molar-refractivity contribution in [1.29, 1.82) is 0 Å². The number of nitrogens with one attached hydrogen (secondary N) is 1. The van der Waals surface area contributed by atoms with Gasteiger partial charge in [0.25, 0.3) is 5.56 Å². The predicted octanol–water partition coefficient (Wildman–Crippen LogP) is 3.48. The van der Waals surface area contributed by atoms with Gasteiger partial charge >= 0.3 is 5.97 Å². The highest BCUT2D eigenvalue weighted by molar-refractivity contribution is 7.11. The third-order valence-corrected chi connectivity index (χ3v) is 4.89. The number of hydrogen-bond acceptors (Lipinski definition) is 6. The summed E-state index contributed by atoms with van der Waals surface area (Å²) in [5.41, 5.74) is 2.79. The topological polar surface area (TPSA) is 81.3 Å². The van der Waals surface area contributed by atoms with Crippen LogP contribution in [0.5, 0.6) is 5.88 Å². The molecule has 4 rings (SSSR count). The van der Waals surface area contributed by atoms with E-state index in [0.29, 0.717) is 22.9 Å². The van der Waals surface area contributed by atoms with Crippen LogP contribution in [0, 0.1) is 6.92 Å². The van der Waals surface area contributed by atoms with Crippen molar-refractivity contribution < 1.29 is 14.3 Å². The Hall–Kier alpha value is -3.19. The van der Waals surface area contributed by atoms with E-state index in [9.17, 15) is 9.59 Å². The van der Waals surface area contributed by atoms with Gasteiger partial charge in [-0.1, -0.05) is 0 Å². The molecule has 0 spiro atoms. The van der Waals surface area contributed by atoms with Gasteiger partial charge in [-0.05, 0) is 42.1 Å². The smallest absolute Gasteiger partial charge is 0.349 e. The Balaban J connectivity index is 1.70. The fourth-order valence-electron chi connectivity index (χ4n) is 2.78. The van der Waals surface area contributed by atoms with Gasteiger partial charge in [-0.2, -0.15) is 0 Å². The number of pyridine rings is 2. The van der Waals surface area contributed by atoms with Gasteiger partial charge < -0.3 is 14.5 Å². The van der Waals surface area contributed by atoms with Gasteiger partial charge in [-0.3, -0.25) is 4.79 Å². The quantitative estimate of drug-likeness (QED) is 0.718. The molecule has 3 aromatic rings. The van der Waals surface area contributed by atoms with Crippen LogP contribution in [0.1, 0.15) is 26.5 Å². The van der Waals surface area contributed by atoms with Crippen molar-refractivity contribution in [2.45, 2.75) is 6.92 Å². The summed E-state index contributed by atoms with van der Waals surface area (Å²) in [6.07, 6.45) is 3.51. The standard InChI is InChI=1S/C19H14N2O4S/c1-10-5-14-15(25-19(23)17(14)18(22)21-10)7-13-6-12(9-26-13)11-3-4-16(24-2)20-8-11/h3-9H,1-2H3,(H,21,22)/b15-7-. The van der Waals surface area contributed by atoms with E-state index in [1.54, 1.807) is 38.4 Å². The first-order chi connectivity index (χ1) is 12.5. The van der Waals surface area contributed by atoms with Crippen LogP contribution < -0.4 is 10.3 Å². The van der Waals surface area contributed by atoms with E-state index in [0.717, 1.165) is 16.0 Å². The summed E-state index contributed by atoms with van der Waals surface area (Å²) in [7, 11) is 1.57. The van der Waals surface area contributed by atoms with Gasteiger partial charge in [-0.15, -0.1) is 11.3 Å². The molecule has 0 aliphatic carbocycles. The summed E-state index contributed by atoms with van der Waals surface area (Å²) in [6, 6.07) is 7.45. The molecule has 0 amide bonds. The lowest BCUT2D eigenvalue weighted by Gasteiger charge is -2.00. The zero-order chi connectivity index (χ0) is 18.3. The maximum atomic E-state index is 12.0. The van der Waals surface area contributed by atoms with Gasteiger partial charge in [-0.25, -0.2) is 9.78 Å². The van der Waals surface area contributed by atoms with Crippen molar-refractivity contribution in [3.05, 3.63) is 67.9 Å². The minimum atomic E-state index is -0.622. The number of methoxy groups -OCH3 is 1. The summed E-state index contributed by atoms with van der Waals surface area (Å²) in [4.78, 5) is 31.7. The first kappa shape index (κ1) is 16.3. The van der Waals surface area contributed by atoms with E-state index in [1.165, 1.54) is 11.3 Å². The van der Waals surface area contributed by atoms with E-state index in [1.807, 2.05) is 17.5 Å². The number of thiophene rings is 1. The number of cyclic esters (lactones) is 1. The van der Waals surface area contributed by atoms with E-state index in [4.69, 9.17) is 9.47 Å². The molecule has 7 heteroatoms. The van der Waals surface area contributed by atoms with Crippen LogP contribution in [0.4, 0.5) is 0 Å². The molecule has 3 aromatic heterocycles. The second-order valence-corrected chi connectivity index (χ2v) is 6.74. The van der Waals surface area contributed by atoms with Crippen molar-refractivity contribution in [2.24, 2.45) is 0 Å². The number of carbonyl (C=O) groups is 1. The minimum Gasteiger partial charge on any atom is -0.481 e. The zero-order valence-electron chi connectivity index (χ0n) is 14.0. The molecule has 1 aliphatic rings. The molecule has 1 aliphatic heterocycles. The Bertz CT molecular complexity index is 1090.